The molecule has 0 bridgehead atoms. The zero-order valence-corrected chi connectivity index (χ0v) is 20.7. The quantitative estimate of drug-likeness (QED) is 0.418. The minimum Gasteiger partial charge on any atom is -0.461 e. The molecule has 3 heterocycles. The van der Waals surface area contributed by atoms with Crippen LogP contribution in [0.15, 0.2) is 58.3 Å². The summed E-state index contributed by atoms with van der Waals surface area (Å²) in [6, 6.07) is 14.2. The van der Waals surface area contributed by atoms with Crippen molar-refractivity contribution >= 4 is 17.7 Å². The number of thioether (sulfide) groups is 1. The first-order valence-electron chi connectivity index (χ1n) is 11.8. The van der Waals surface area contributed by atoms with Crippen molar-refractivity contribution < 1.29 is 13.9 Å². The van der Waals surface area contributed by atoms with E-state index in [2.05, 4.69) is 46.4 Å². The smallest absolute Gasteiger partial charge is 0.230 e. The van der Waals surface area contributed by atoms with Crippen molar-refractivity contribution in [2.24, 2.45) is 5.92 Å². The standard InChI is InChI=1S/C25H33N5O3S/c1-19(2)15-21(29-10-13-32-14-11-29)16-26-23(31)18-34-25-28-27-24(22-9-6-12-33-22)30(25)17-20-7-4-3-5-8-20/h3-9,12,19,21H,10-11,13-18H2,1-2H3,(H,26,31). The summed E-state index contributed by atoms with van der Waals surface area (Å²) in [6.07, 6.45) is 2.67. The van der Waals surface area contributed by atoms with E-state index < -0.39 is 0 Å². The predicted octanol–water partition coefficient (Wildman–Crippen LogP) is 3.54. The lowest BCUT2D eigenvalue weighted by atomic mass is 10.0. The van der Waals surface area contributed by atoms with Crippen LogP contribution in [0.4, 0.5) is 0 Å². The number of nitrogens with zero attached hydrogens (tertiary/aromatic N) is 4. The van der Waals surface area contributed by atoms with Gasteiger partial charge in [0.2, 0.25) is 11.7 Å². The highest BCUT2D eigenvalue weighted by Gasteiger charge is 2.23. The van der Waals surface area contributed by atoms with Gasteiger partial charge in [-0.2, -0.15) is 0 Å². The summed E-state index contributed by atoms with van der Waals surface area (Å²) in [7, 11) is 0. The highest BCUT2D eigenvalue weighted by atomic mass is 32.2. The van der Waals surface area contributed by atoms with Crippen LogP contribution in [0.2, 0.25) is 0 Å². The van der Waals surface area contributed by atoms with Gasteiger partial charge in [0.25, 0.3) is 0 Å². The van der Waals surface area contributed by atoms with Crippen LogP contribution in [-0.2, 0) is 16.1 Å². The molecule has 1 atom stereocenters. The molecule has 2 aromatic heterocycles. The van der Waals surface area contributed by atoms with Gasteiger partial charge in [-0.1, -0.05) is 55.9 Å². The van der Waals surface area contributed by atoms with Crippen molar-refractivity contribution in [3.8, 4) is 11.6 Å². The van der Waals surface area contributed by atoms with E-state index in [0.29, 0.717) is 41.8 Å². The number of hydrogen-bond acceptors (Lipinski definition) is 7. The lowest BCUT2D eigenvalue weighted by molar-refractivity contribution is -0.118. The summed E-state index contributed by atoms with van der Waals surface area (Å²) in [4.78, 5) is 15.2. The number of hydrogen-bond donors (Lipinski definition) is 1. The number of furan rings is 1. The molecule has 3 aromatic rings. The molecule has 0 saturated carbocycles. The number of aromatic nitrogens is 3. The third kappa shape index (κ3) is 6.71. The second-order valence-electron chi connectivity index (χ2n) is 8.88. The maximum absolute atomic E-state index is 12.7. The number of rotatable bonds is 11. The molecule has 1 unspecified atom stereocenters. The van der Waals surface area contributed by atoms with Gasteiger partial charge in [0.1, 0.15) is 0 Å². The molecule has 1 amide bonds. The number of morpholine rings is 1. The van der Waals surface area contributed by atoms with Gasteiger partial charge >= 0.3 is 0 Å². The maximum atomic E-state index is 12.7. The number of nitrogens with one attached hydrogen (secondary N) is 1. The molecular weight excluding hydrogens is 450 g/mol. The van der Waals surface area contributed by atoms with Crippen molar-refractivity contribution in [2.75, 3.05) is 38.6 Å². The van der Waals surface area contributed by atoms with E-state index in [1.807, 2.05) is 34.9 Å². The zero-order chi connectivity index (χ0) is 23.8. The molecule has 9 heteroatoms. The molecule has 34 heavy (non-hydrogen) atoms. The highest BCUT2D eigenvalue weighted by molar-refractivity contribution is 7.99. The number of benzene rings is 1. The van der Waals surface area contributed by atoms with Gasteiger partial charge in [0.05, 0.1) is 31.8 Å². The largest absolute Gasteiger partial charge is 0.461 e. The molecule has 4 rings (SSSR count). The maximum Gasteiger partial charge on any atom is 0.230 e. The summed E-state index contributed by atoms with van der Waals surface area (Å²) in [6.45, 7) is 9.04. The first kappa shape index (κ1) is 24.5. The first-order valence-corrected chi connectivity index (χ1v) is 12.8. The third-order valence-electron chi connectivity index (χ3n) is 5.81. The minimum atomic E-state index is 0.000764. The van der Waals surface area contributed by atoms with Gasteiger partial charge in [0, 0.05) is 25.7 Å². The number of ether oxygens (including phenoxy) is 1. The molecule has 8 nitrogen and oxygen atoms in total. The van der Waals surface area contributed by atoms with Gasteiger partial charge in [-0.05, 0) is 30.0 Å². The van der Waals surface area contributed by atoms with Crippen LogP contribution in [0.5, 0.6) is 0 Å². The van der Waals surface area contributed by atoms with Crippen molar-refractivity contribution in [2.45, 2.75) is 38.0 Å². The highest BCUT2D eigenvalue weighted by Crippen LogP contribution is 2.25. The summed E-state index contributed by atoms with van der Waals surface area (Å²) in [5.74, 6) is 2.15. The second kappa shape index (κ2) is 12.2. The Morgan fingerprint density at radius 2 is 1.91 bits per heavy atom. The minimum absolute atomic E-state index is 0.000764. The topological polar surface area (TPSA) is 85.4 Å². The van der Waals surface area contributed by atoms with Crippen molar-refractivity contribution in [1.82, 2.24) is 25.0 Å². The first-order chi connectivity index (χ1) is 16.6. The average Bonchev–Trinajstić information content (AvgIpc) is 3.51. The zero-order valence-electron chi connectivity index (χ0n) is 19.9. The van der Waals surface area contributed by atoms with E-state index in [4.69, 9.17) is 9.15 Å². The third-order valence-corrected chi connectivity index (χ3v) is 6.78. The lowest BCUT2D eigenvalue weighted by Crippen LogP contribution is -2.49. The van der Waals surface area contributed by atoms with Gasteiger partial charge < -0.3 is 14.5 Å². The van der Waals surface area contributed by atoms with E-state index in [0.717, 1.165) is 38.3 Å². The van der Waals surface area contributed by atoms with Crippen LogP contribution in [0, 0.1) is 5.92 Å². The Morgan fingerprint density at radius 1 is 1.12 bits per heavy atom. The van der Waals surface area contributed by atoms with Gasteiger partial charge in [-0.3, -0.25) is 14.3 Å². The number of carbonyl (C=O) groups excluding carboxylic acids is 1. The molecule has 0 aliphatic carbocycles. The Labute approximate surface area is 205 Å². The lowest BCUT2D eigenvalue weighted by Gasteiger charge is -2.35. The summed E-state index contributed by atoms with van der Waals surface area (Å²) < 4.78 is 13.1. The molecule has 0 spiro atoms. The number of carbonyl (C=O) groups is 1. The molecule has 1 aliphatic heterocycles. The van der Waals surface area contributed by atoms with E-state index >= 15 is 0 Å². The van der Waals surface area contributed by atoms with Crippen molar-refractivity contribution in [3.63, 3.8) is 0 Å². The molecule has 1 saturated heterocycles. The Kier molecular flexibility index (Phi) is 8.79. The molecule has 1 fully saturated rings. The monoisotopic (exact) mass is 483 g/mol. The SMILES string of the molecule is CC(C)CC(CNC(=O)CSc1nnc(-c2ccco2)n1Cc1ccccc1)N1CCOCC1. The Hall–Kier alpha value is -2.62. The predicted molar refractivity (Wildman–Crippen MR) is 133 cm³/mol. The molecular formula is C25H33N5O3S. The normalized spacial score (nSPS) is 15.5. The summed E-state index contributed by atoms with van der Waals surface area (Å²) in [5.41, 5.74) is 1.13. The van der Waals surface area contributed by atoms with Crippen molar-refractivity contribution in [1.29, 1.82) is 0 Å². The molecule has 1 aliphatic rings. The van der Waals surface area contributed by atoms with Crippen LogP contribution < -0.4 is 5.32 Å². The van der Waals surface area contributed by atoms with Crippen LogP contribution in [-0.4, -0.2) is 70.2 Å². The fourth-order valence-corrected chi connectivity index (χ4v) is 4.92. The summed E-state index contributed by atoms with van der Waals surface area (Å²) in [5, 5.41) is 12.5. The van der Waals surface area contributed by atoms with Crippen molar-refractivity contribution in [3.05, 3.63) is 54.3 Å². The van der Waals surface area contributed by atoms with E-state index in [1.165, 1.54) is 11.8 Å². The Bertz CT molecular complexity index is 1020. The van der Waals surface area contributed by atoms with E-state index in [9.17, 15) is 4.79 Å². The average molecular weight is 484 g/mol. The molecule has 182 valence electrons. The van der Waals surface area contributed by atoms with Crippen LogP contribution >= 0.6 is 11.8 Å². The molecule has 0 radical (unpaired) electrons. The fourth-order valence-electron chi connectivity index (χ4n) is 4.15. The molecule has 1 N–H and O–H groups in total. The van der Waals surface area contributed by atoms with E-state index in [1.54, 1.807) is 6.26 Å². The van der Waals surface area contributed by atoms with E-state index in [-0.39, 0.29) is 11.7 Å². The summed E-state index contributed by atoms with van der Waals surface area (Å²) >= 11 is 1.40. The van der Waals surface area contributed by atoms with Crippen LogP contribution in [0.3, 0.4) is 0 Å². The second-order valence-corrected chi connectivity index (χ2v) is 9.82. The van der Waals surface area contributed by atoms with Crippen LogP contribution in [0.1, 0.15) is 25.8 Å². The van der Waals surface area contributed by atoms with Crippen LogP contribution in [0.25, 0.3) is 11.6 Å². The van der Waals surface area contributed by atoms with Gasteiger partial charge in [0.15, 0.2) is 10.9 Å². The number of amides is 1. The van der Waals surface area contributed by atoms with Gasteiger partial charge in [-0.15, -0.1) is 10.2 Å². The molecule has 1 aromatic carbocycles. The Morgan fingerprint density at radius 3 is 2.62 bits per heavy atom. The Balaban J connectivity index is 1.38. The van der Waals surface area contributed by atoms with Gasteiger partial charge in [-0.25, -0.2) is 0 Å². The fraction of sp³-hybridized carbons (Fsp3) is 0.480.